The van der Waals surface area contributed by atoms with Gasteiger partial charge in [0.05, 0.1) is 0 Å². The summed E-state index contributed by atoms with van der Waals surface area (Å²) in [7, 11) is 0. The molecule has 0 aromatic heterocycles. The van der Waals surface area contributed by atoms with Crippen molar-refractivity contribution in [3.63, 3.8) is 0 Å². The largest absolute Gasteiger partial charge is 0.0845 e. The third kappa shape index (κ3) is 33.2. The third-order valence-electron chi connectivity index (χ3n) is 7.48. The minimum absolute atomic E-state index is 1.19. The first kappa shape index (κ1) is 35.2. The minimum Gasteiger partial charge on any atom is -0.0845 e. The second-order valence-electron chi connectivity index (χ2n) is 11.2. The Morgan fingerprint density at radius 2 is 0.694 bits per heavy atom. The van der Waals surface area contributed by atoms with Crippen molar-refractivity contribution in [1.82, 2.24) is 0 Å². The van der Waals surface area contributed by atoms with Crippen molar-refractivity contribution in [3.8, 4) is 0 Å². The van der Waals surface area contributed by atoms with Crippen LogP contribution in [0.4, 0.5) is 0 Å². The van der Waals surface area contributed by atoms with Crippen LogP contribution >= 0.6 is 0 Å². The highest BCUT2D eigenvalue weighted by molar-refractivity contribution is 5.07. The first-order chi connectivity index (χ1) is 17.9. The van der Waals surface area contributed by atoms with E-state index in [1.54, 1.807) is 0 Å². The van der Waals surface area contributed by atoms with Gasteiger partial charge in [-0.15, -0.1) is 0 Å². The van der Waals surface area contributed by atoms with Crippen LogP contribution < -0.4 is 0 Å². The fraction of sp³-hybridized carbons (Fsp3) is 0.833. The molecular formula is C36H67. The molecule has 0 N–H and O–H groups in total. The van der Waals surface area contributed by atoms with Crippen molar-refractivity contribution in [1.29, 1.82) is 0 Å². The Hall–Kier alpha value is -0.780. The highest BCUT2D eigenvalue weighted by Gasteiger charge is 1.94. The topological polar surface area (TPSA) is 0 Å². The molecule has 0 saturated heterocycles. The van der Waals surface area contributed by atoms with Gasteiger partial charge in [0.1, 0.15) is 0 Å². The van der Waals surface area contributed by atoms with Gasteiger partial charge in [-0.2, -0.15) is 0 Å². The van der Waals surface area contributed by atoms with Gasteiger partial charge in [0.15, 0.2) is 0 Å². The van der Waals surface area contributed by atoms with E-state index >= 15 is 0 Å². The predicted octanol–water partition coefficient (Wildman–Crippen LogP) is 13.4. The molecule has 0 aliphatic rings. The molecule has 211 valence electrons. The van der Waals surface area contributed by atoms with E-state index in [0.717, 1.165) is 0 Å². The monoisotopic (exact) mass is 500 g/mol. The summed E-state index contributed by atoms with van der Waals surface area (Å²) in [6, 6.07) is 0. The number of hydrogen-bond donors (Lipinski definition) is 0. The molecule has 0 rings (SSSR count). The van der Waals surface area contributed by atoms with E-state index in [4.69, 9.17) is 0 Å². The van der Waals surface area contributed by atoms with E-state index < -0.39 is 0 Å². The molecule has 0 saturated carbocycles. The van der Waals surface area contributed by atoms with Crippen molar-refractivity contribution in [2.24, 2.45) is 0 Å². The molecule has 0 unspecified atom stereocenters. The molecular weight excluding hydrogens is 432 g/mol. The molecule has 0 fully saturated rings. The van der Waals surface area contributed by atoms with Gasteiger partial charge in [-0.1, -0.05) is 198 Å². The maximum atomic E-state index is 3.32. The summed E-state index contributed by atoms with van der Waals surface area (Å²) >= 11 is 0. The predicted molar refractivity (Wildman–Crippen MR) is 167 cm³/mol. The van der Waals surface area contributed by atoms with E-state index in [-0.39, 0.29) is 0 Å². The summed E-state index contributed by atoms with van der Waals surface area (Å²) in [4.78, 5) is 0. The quantitative estimate of drug-likeness (QED) is 0.0680. The van der Waals surface area contributed by atoms with Crippen molar-refractivity contribution in [3.05, 3.63) is 36.5 Å². The number of allylic oxidation sites excluding steroid dienone is 6. The molecule has 0 bridgehead atoms. The average molecular weight is 500 g/mol. The van der Waals surface area contributed by atoms with Crippen LogP contribution in [-0.4, -0.2) is 0 Å². The summed E-state index contributed by atoms with van der Waals surface area (Å²) in [5.41, 5.74) is 0. The van der Waals surface area contributed by atoms with Crippen LogP contribution in [-0.2, 0) is 0 Å². The highest BCUT2D eigenvalue weighted by atomic mass is 14.0. The first-order valence-electron chi connectivity index (χ1n) is 16.8. The standard InChI is InChI=1S/C36H67/c1-3-5-7-9-11-13-15-17-19-21-23-25-27-29-31-33-35-36-34-32-30-28-26-24-22-20-18-16-14-12-10-8-6-4-2/h29,31,33-35H,3-28,30,32H2,1-2H3. The van der Waals surface area contributed by atoms with Crippen LogP contribution in [0.2, 0.25) is 0 Å². The summed E-state index contributed by atoms with van der Waals surface area (Å²) < 4.78 is 0. The lowest BCUT2D eigenvalue weighted by atomic mass is 10.0. The number of hydrogen-bond acceptors (Lipinski definition) is 0. The van der Waals surface area contributed by atoms with Crippen molar-refractivity contribution < 1.29 is 0 Å². The van der Waals surface area contributed by atoms with Gasteiger partial charge in [0, 0.05) is 0 Å². The smallest absolute Gasteiger partial charge is 0.0227 e. The highest BCUT2D eigenvalue weighted by Crippen LogP contribution is 2.14. The maximum Gasteiger partial charge on any atom is -0.0227 e. The Morgan fingerprint density at radius 1 is 0.361 bits per heavy atom. The van der Waals surface area contributed by atoms with Crippen LogP contribution in [0.5, 0.6) is 0 Å². The molecule has 0 amide bonds. The average Bonchev–Trinajstić information content (AvgIpc) is 2.89. The number of unbranched alkanes of at least 4 members (excludes halogenated alkanes) is 26. The van der Waals surface area contributed by atoms with E-state index in [0.29, 0.717) is 0 Å². The van der Waals surface area contributed by atoms with Crippen LogP contribution in [0, 0.1) is 6.08 Å². The Morgan fingerprint density at radius 3 is 1.08 bits per heavy atom. The Bertz CT molecular complexity index is 455. The fourth-order valence-corrected chi connectivity index (χ4v) is 4.98. The maximum absolute atomic E-state index is 3.32. The molecule has 0 aliphatic carbocycles. The van der Waals surface area contributed by atoms with E-state index in [9.17, 15) is 0 Å². The SMILES string of the molecule is CCCCCCCCCCCCCCC=CC=C/[C]=C/CCCCCCCCCCCCCCCC. The van der Waals surface area contributed by atoms with E-state index in [1.165, 1.54) is 180 Å². The summed E-state index contributed by atoms with van der Waals surface area (Å²) in [6.07, 6.45) is 53.9. The second-order valence-corrected chi connectivity index (χ2v) is 11.2. The lowest BCUT2D eigenvalue weighted by Gasteiger charge is -2.02. The zero-order valence-electron chi connectivity index (χ0n) is 25.2. The summed E-state index contributed by atoms with van der Waals surface area (Å²) in [6.45, 7) is 4.60. The summed E-state index contributed by atoms with van der Waals surface area (Å²) in [5.74, 6) is 0. The zero-order valence-corrected chi connectivity index (χ0v) is 25.2. The fourth-order valence-electron chi connectivity index (χ4n) is 4.98. The van der Waals surface area contributed by atoms with Gasteiger partial charge in [-0.05, 0) is 31.8 Å². The molecule has 0 aromatic carbocycles. The molecule has 0 heterocycles. The molecule has 0 aliphatic heterocycles. The van der Waals surface area contributed by atoms with Gasteiger partial charge in [-0.25, -0.2) is 0 Å². The molecule has 36 heavy (non-hydrogen) atoms. The third-order valence-corrected chi connectivity index (χ3v) is 7.48. The van der Waals surface area contributed by atoms with Crippen molar-refractivity contribution >= 4 is 0 Å². The Labute approximate surface area is 229 Å². The van der Waals surface area contributed by atoms with E-state index in [2.05, 4.69) is 50.3 Å². The molecule has 0 atom stereocenters. The molecule has 0 aromatic rings. The molecule has 0 spiro atoms. The van der Waals surface area contributed by atoms with Gasteiger partial charge in [0.25, 0.3) is 0 Å². The first-order valence-corrected chi connectivity index (χ1v) is 16.8. The summed E-state index contributed by atoms with van der Waals surface area (Å²) in [5, 5.41) is 0. The number of rotatable bonds is 30. The van der Waals surface area contributed by atoms with Gasteiger partial charge < -0.3 is 0 Å². The Balaban J connectivity index is 3.22. The molecule has 0 heteroatoms. The molecule has 0 nitrogen and oxygen atoms in total. The van der Waals surface area contributed by atoms with E-state index in [1.807, 2.05) is 0 Å². The zero-order chi connectivity index (χ0) is 26.0. The lowest BCUT2D eigenvalue weighted by molar-refractivity contribution is 0.536. The van der Waals surface area contributed by atoms with Crippen LogP contribution in [0.25, 0.3) is 0 Å². The minimum atomic E-state index is 1.19. The van der Waals surface area contributed by atoms with Crippen LogP contribution in [0.3, 0.4) is 0 Å². The van der Waals surface area contributed by atoms with Crippen LogP contribution in [0.1, 0.15) is 194 Å². The van der Waals surface area contributed by atoms with Gasteiger partial charge >= 0.3 is 0 Å². The lowest BCUT2D eigenvalue weighted by Crippen LogP contribution is -1.83. The van der Waals surface area contributed by atoms with Crippen molar-refractivity contribution in [2.75, 3.05) is 0 Å². The molecule has 1 radical (unpaired) electrons. The Kier molecular flexibility index (Phi) is 33.5. The van der Waals surface area contributed by atoms with Crippen molar-refractivity contribution in [2.45, 2.75) is 194 Å². The van der Waals surface area contributed by atoms with Gasteiger partial charge in [-0.3, -0.25) is 0 Å². The second kappa shape index (κ2) is 34.2. The van der Waals surface area contributed by atoms with Crippen LogP contribution in [0.15, 0.2) is 30.4 Å². The van der Waals surface area contributed by atoms with Gasteiger partial charge in [0.2, 0.25) is 0 Å². The normalized spacial score (nSPS) is 12.2.